The number of esters is 1. The van der Waals surface area contributed by atoms with Crippen molar-refractivity contribution in [1.29, 1.82) is 0 Å². The van der Waals surface area contributed by atoms with E-state index in [0.29, 0.717) is 46.4 Å². The molecule has 1 unspecified atom stereocenters. The minimum atomic E-state index is -0.446. The van der Waals surface area contributed by atoms with Gasteiger partial charge in [0, 0.05) is 13.0 Å². The van der Waals surface area contributed by atoms with Crippen LogP contribution in [0.3, 0.4) is 0 Å². The Hall–Kier alpha value is -3.68. The first kappa shape index (κ1) is 27.9. The maximum atomic E-state index is 12.6. The molecule has 198 valence electrons. The molecule has 3 rings (SSSR count). The molecule has 0 bridgehead atoms. The third-order valence-electron chi connectivity index (χ3n) is 6.16. The normalized spacial score (nSPS) is 16.4. The fourth-order valence-electron chi connectivity index (χ4n) is 4.28. The lowest BCUT2D eigenvalue weighted by Crippen LogP contribution is -2.15. The Labute approximate surface area is 219 Å². The second-order valence-electron chi connectivity index (χ2n) is 9.03. The molecule has 37 heavy (non-hydrogen) atoms. The SMILES string of the molecule is C=C(/C=C\CCC)OC1=CCC(Cn2nc(C)c3c(C(=O)OC)cc(N=C/C(=C/CC)OC)nc32)CC1. The van der Waals surface area contributed by atoms with E-state index in [1.54, 1.807) is 19.4 Å². The first-order chi connectivity index (χ1) is 17.9. The van der Waals surface area contributed by atoms with Crippen LogP contribution in [0.1, 0.15) is 68.4 Å². The van der Waals surface area contributed by atoms with Gasteiger partial charge in [0.05, 0.1) is 37.1 Å². The summed E-state index contributed by atoms with van der Waals surface area (Å²) in [4.78, 5) is 21.8. The zero-order valence-electron chi connectivity index (χ0n) is 22.6. The molecular weight excluding hydrogens is 468 g/mol. The van der Waals surface area contributed by atoms with Crippen LogP contribution in [-0.2, 0) is 20.8 Å². The van der Waals surface area contributed by atoms with E-state index < -0.39 is 5.97 Å². The van der Waals surface area contributed by atoms with Crippen molar-refractivity contribution in [3.63, 3.8) is 0 Å². The van der Waals surface area contributed by atoms with E-state index in [2.05, 4.69) is 30.6 Å². The number of nitrogens with zero attached hydrogens (tertiary/aromatic N) is 4. The Bertz CT molecular complexity index is 1240. The highest BCUT2D eigenvalue weighted by Gasteiger charge is 2.23. The number of aliphatic imine (C=N–C) groups is 1. The molecule has 8 heteroatoms. The highest BCUT2D eigenvalue weighted by Crippen LogP contribution is 2.30. The van der Waals surface area contributed by atoms with Crippen molar-refractivity contribution in [3.05, 3.63) is 65.5 Å². The van der Waals surface area contributed by atoms with Gasteiger partial charge in [-0.3, -0.25) is 0 Å². The zero-order chi connectivity index (χ0) is 26.8. The second kappa shape index (κ2) is 13.6. The topological polar surface area (TPSA) is 87.8 Å². The van der Waals surface area contributed by atoms with Crippen LogP contribution in [0.4, 0.5) is 5.82 Å². The third kappa shape index (κ3) is 7.41. The van der Waals surface area contributed by atoms with Gasteiger partial charge in [0.1, 0.15) is 17.3 Å². The first-order valence-corrected chi connectivity index (χ1v) is 12.9. The third-order valence-corrected chi connectivity index (χ3v) is 6.16. The predicted octanol–water partition coefficient (Wildman–Crippen LogP) is 6.74. The number of pyridine rings is 1. The quantitative estimate of drug-likeness (QED) is 0.137. The molecule has 0 N–H and O–H groups in total. The summed E-state index contributed by atoms with van der Waals surface area (Å²) in [5.74, 6) is 2.57. The van der Waals surface area contributed by atoms with E-state index in [-0.39, 0.29) is 0 Å². The standard InChI is InChI=1S/C29H38N4O4/c1-7-9-10-12-20(3)37-23-15-13-22(14-16-23)19-33-28-27(21(4)32-33)25(29(34)36-6)17-26(31-28)30-18-24(35-5)11-8-2/h10-12,15,17-18,22H,3,7-9,13-14,16,19H2,1-2,4-6H3/b12-10-,24-11-,30-18?. The molecule has 8 nitrogen and oxygen atoms in total. The van der Waals surface area contributed by atoms with Gasteiger partial charge in [0.2, 0.25) is 0 Å². The lowest BCUT2D eigenvalue weighted by atomic mass is 9.93. The van der Waals surface area contributed by atoms with E-state index in [0.717, 1.165) is 50.0 Å². The molecule has 2 aromatic rings. The number of unbranched alkanes of at least 4 members (excludes halogenated alkanes) is 1. The maximum Gasteiger partial charge on any atom is 0.338 e. The van der Waals surface area contributed by atoms with E-state index in [9.17, 15) is 4.79 Å². The van der Waals surface area contributed by atoms with Crippen molar-refractivity contribution < 1.29 is 19.0 Å². The minimum absolute atomic E-state index is 0.363. The molecule has 1 aliphatic rings. The van der Waals surface area contributed by atoms with Gasteiger partial charge in [-0.05, 0) is 62.8 Å². The summed E-state index contributed by atoms with van der Waals surface area (Å²) >= 11 is 0. The molecule has 0 amide bonds. The van der Waals surface area contributed by atoms with E-state index in [4.69, 9.17) is 24.3 Å². The van der Waals surface area contributed by atoms with Crippen LogP contribution >= 0.6 is 0 Å². The van der Waals surface area contributed by atoms with Gasteiger partial charge in [0.15, 0.2) is 11.5 Å². The number of ether oxygens (including phenoxy) is 3. The Morgan fingerprint density at radius 2 is 2.11 bits per heavy atom. The van der Waals surface area contributed by atoms with Crippen LogP contribution in [0.5, 0.6) is 0 Å². The van der Waals surface area contributed by atoms with Gasteiger partial charge in [-0.2, -0.15) is 5.10 Å². The predicted molar refractivity (Wildman–Crippen MR) is 147 cm³/mol. The Morgan fingerprint density at radius 3 is 2.76 bits per heavy atom. The molecule has 0 aliphatic heterocycles. The number of allylic oxidation sites excluding steroid dienone is 6. The van der Waals surface area contributed by atoms with Crippen LogP contribution in [0.25, 0.3) is 11.0 Å². The van der Waals surface area contributed by atoms with Gasteiger partial charge in [0.25, 0.3) is 0 Å². The Morgan fingerprint density at radius 1 is 1.30 bits per heavy atom. The van der Waals surface area contributed by atoms with Crippen molar-refractivity contribution in [3.8, 4) is 0 Å². The fraction of sp³-hybridized carbons (Fsp3) is 0.448. The summed E-state index contributed by atoms with van der Waals surface area (Å²) in [7, 11) is 2.96. The lowest BCUT2D eigenvalue weighted by Gasteiger charge is -2.22. The Kier molecular flexibility index (Phi) is 10.2. The number of carbonyl (C=O) groups excluding carboxylic acids is 1. The molecule has 2 aromatic heterocycles. The summed E-state index contributed by atoms with van der Waals surface area (Å²) in [5, 5.41) is 5.42. The molecule has 0 saturated heterocycles. The number of hydrogen-bond acceptors (Lipinski definition) is 7. The molecule has 0 radical (unpaired) electrons. The van der Waals surface area contributed by atoms with E-state index >= 15 is 0 Å². The van der Waals surface area contributed by atoms with Crippen molar-refractivity contribution in [1.82, 2.24) is 14.8 Å². The maximum absolute atomic E-state index is 12.6. The zero-order valence-corrected chi connectivity index (χ0v) is 22.6. The van der Waals surface area contributed by atoms with Crippen LogP contribution in [-0.4, -0.2) is 41.2 Å². The van der Waals surface area contributed by atoms with Crippen molar-refractivity contribution in [2.45, 2.75) is 65.8 Å². The van der Waals surface area contributed by atoms with Gasteiger partial charge < -0.3 is 14.2 Å². The van der Waals surface area contributed by atoms with Gasteiger partial charge >= 0.3 is 5.97 Å². The van der Waals surface area contributed by atoms with Crippen molar-refractivity contribution in [2.24, 2.45) is 10.9 Å². The average Bonchev–Trinajstić information content (AvgIpc) is 3.21. The highest BCUT2D eigenvalue weighted by atomic mass is 16.5. The van der Waals surface area contributed by atoms with Gasteiger partial charge in [-0.15, -0.1) is 0 Å². The van der Waals surface area contributed by atoms with Crippen molar-refractivity contribution in [2.75, 3.05) is 14.2 Å². The van der Waals surface area contributed by atoms with E-state index in [1.165, 1.54) is 7.11 Å². The number of hydrogen-bond donors (Lipinski definition) is 0. The number of fused-ring (bicyclic) bond motifs is 1. The molecule has 2 heterocycles. The smallest absolute Gasteiger partial charge is 0.338 e. The van der Waals surface area contributed by atoms with Crippen LogP contribution in [0, 0.1) is 12.8 Å². The molecule has 0 fully saturated rings. The molecule has 0 spiro atoms. The number of aromatic nitrogens is 3. The minimum Gasteiger partial charge on any atom is -0.495 e. The molecule has 0 saturated carbocycles. The number of carbonyl (C=O) groups is 1. The van der Waals surface area contributed by atoms with Crippen LogP contribution in [0.2, 0.25) is 0 Å². The lowest BCUT2D eigenvalue weighted by molar-refractivity contribution is 0.0603. The average molecular weight is 507 g/mol. The van der Waals surface area contributed by atoms with E-state index in [1.807, 2.05) is 30.7 Å². The molecule has 0 aromatic carbocycles. The van der Waals surface area contributed by atoms with Crippen LogP contribution in [0.15, 0.2) is 59.2 Å². The molecule has 1 aliphatic carbocycles. The summed E-state index contributed by atoms with van der Waals surface area (Å²) in [6, 6.07) is 1.64. The monoisotopic (exact) mass is 506 g/mol. The van der Waals surface area contributed by atoms with Gasteiger partial charge in [-0.1, -0.05) is 32.9 Å². The number of rotatable bonds is 12. The number of methoxy groups -OCH3 is 2. The van der Waals surface area contributed by atoms with Crippen LogP contribution < -0.4 is 0 Å². The molecule has 1 atom stereocenters. The summed E-state index contributed by atoms with van der Waals surface area (Å²) in [6.45, 7) is 10.7. The number of aryl methyl sites for hydroxylation is 1. The summed E-state index contributed by atoms with van der Waals surface area (Å²) in [5.41, 5.74) is 1.74. The summed E-state index contributed by atoms with van der Waals surface area (Å²) < 4.78 is 18.2. The first-order valence-electron chi connectivity index (χ1n) is 12.9. The summed E-state index contributed by atoms with van der Waals surface area (Å²) in [6.07, 6.45) is 15.3. The van der Waals surface area contributed by atoms with Gasteiger partial charge in [-0.25, -0.2) is 19.5 Å². The highest BCUT2D eigenvalue weighted by molar-refractivity contribution is 6.04. The molecular formula is C29H38N4O4. The Balaban J connectivity index is 1.85. The fourth-order valence-corrected chi connectivity index (χ4v) is 4.28. The second-order valence-corrected chi connectivity index (χ2v) is 9.03. The van der Waals surface area contributed by atoms with Crippen molar-refractivity contribution >= 4 is 29.0 Å². The largest absolute Gasteiger partial charge is 0.495 e.